The Morgan fingerprint density at radius 2 is 1.61 bits per heavy atom. The van der Waals surface area contributed by atoms with Gasteiger partial charge in [-0.3, -0.25) is 0 Å². The molecule has 0 aromatic heterocycles. The maximum absolute atomic E-state index is 14.8. The van der Waals surface area contributed by atoms with Gasteiger partial charge in [0.05, 0.1) is 0 Å². The maximum Gasteiger partial charge on any atom is 0.201 e. The average Bonchev–Trinajstić information content (AvgIpc) is 2.82. The van der Waals surface area contributed by atoms with Crippen LogP contribution >= 0.6 is 0 Å². The van der Waals surface area contributed by atoms with Gasteiger partial charge in [-0.15, -0.1) is 6.58 Å². The van der Waals surface area contributed by atoms with Crippen molar-refractivity contribution < 1.29 is 13.5 Å². The summed E-state index contributed by atoms with van der Waals surface area (Å²) in [5.41, 5.74) is 1.14. The first-order chi connectivity index (χ1) is 15.1. The van der Waals surface area contributed by atoms with E-state index >= 15 is 0 Å². The van der Waals surface area contributed by atoms with Crippen LogP contribution in [0, 0.1) is 29.4 Å². The summed E-state index contributed by atoms with van der Waals surface area (Å²) in [6.45, 7) is 6.06. The zero-order valence-electron chi connectivity index (χ0n) is 18.6. The molecule has 0 radical (unpaired) electrons. The van der Waals surface area contributed by atoms with Crippen molar-refractivity contribution in [3.63, 3.8) is 0 Å². The lowest BCUT2D eigenvalue weighted by atomic mass is 9.68. The minimum absolute atomic E-state index is 0.0254. The van der Waals surface area contributed by atoms with E-state index in [1.807, 2.05) is 25.1 Å². The lowest BCUT2D eigenvalue weighted by Gasteiger charge is -2.37. The molecular formula is C28H34F2O. The van der Waals surface area contributed by atoms with Crippen LogP contribution in [0.1, 0.15) is 69.8 Å². The van der Waals surface area contributed by atoms with Crippen LogP contribution in [0.25, 0.3) is 10.8 Å². The van der Waals surface area contributed by atoms with E-state index in [1.54, 1.807) is 12.1 Å². The van der Waals surface area contributed by atoms with Crippen LogP contribution in [0.2, 0.25) is 0 Å². The molecule has 3 heteroatoms. The molecule has 4 rings (SSSR count). The van der Waals surface area contributed by atoms with Gasteiger partial charge < -0.3 is 4.74 Å². The molecule has 166 valence electrons. The highest BCUT2D eigenvalue weighted by molar-refractivity contribution is 5.85. The van der Waals surface area contributed by atoms with Crippen molar-refractivity contribution >= 4 is 10.8 Å². The molecule has 2 fully saturated rings. The van der Waals surface area contributed by atoms with Crippen LogP contribution in [0.4, 0.5) is 8.78 Å². The molecule has 2 aromatic carbocycles. The Bertz CT molecular complexity index is 932. The second-order valence-corrected chi connectivity index (χ2v) is 9.39. The Balaban J connectivity index is 1.44. The van der Waals surface area contributed by atoms with Gasteiger partial charge in [-0.05, 0) is 105 Å². The van der Waals surface area contributed by atoms with Gasteiger partial charge in [0, 0.05) is 5.39 Å². The lowest BCUT2D eigenvalue weighted by molar-refractivity contribution is 0.171. The van der Waals surface area contributed by atoms with Gasteiger partial charge in [0.1, 0.15) is 6.61 Å². The van der Waals surface area contributed by atoms with Gasteiger partial charge in [-0.1, -0.05) is 30.4 Å². The highest BCUT2D eigenvalue weighted by Crippen LogP contribution is 2.44. The molecule has 0 bridgehead atoms. The first kappa shape index (κ1) is 22.0. The third-order valence-electron chi connectivity index (χ3n) is 7.64. The first-order valence-corrected chi connectivity index (χ1v) is 11.9. The number of hydrogen-bond donors (Lipinski definition) is 0. The van der Waals surface area contributed by atoms with Crippen LogP contribution in [0.3, 0.4) is 0 Å². The minimum atomic E-state index is -0.895. The molecule has 31 heavy (non-hydrogen) atoms. The number of benzene rings is 2. The first-order valence-electron chi connectivity index (χ1n) is 11.9. The number of hydrogen-bond acceptors (Lipinski definition) is 1. The molecule has 0 unspecified atom stereocenters. The Morgan fingerprint density at radius 1 is 0.935 bits per heavy atom. The Labute approximate surface area is 185 Å². The molecule has 2 aliphatic rings. The molecule has 0 N–H and O–H groups in total. The number of fused-ring (bicyclic) bond motifs is 1. The summed E-state index contributed by atoms with van der Waals surface area (Å²) in [5, 5.41) is 1.05. The summed E-state index contributed by atoms with van der Waals surface area (Å²) >= 11 is 0. The Hall–Kier alpha value is -2.16. The molecule has 0 spiro atoms. The lowest BCUT2D eigenvalue weighted by Crippen LogP contribution is -2.25. The summed E-state index contributed by atoms with van der Waals surface area (Å²) in [7, 11) is 0. The number of rotatable bonds is 6. The number of ether oxygens (including phenoxy) is 1. The smallest absolute Gasteiger partial charge is 0.201 e. The van der Waals surface area contributed by atoms with E-state index in [1.165, 1.54) is 38.5 Å². The van der Waals surface area contributed by atoms with Crippen molar-refractivity contribution in [1.29, 1.82) is 0 Å². The van der Waals surface area contributed by atoms with Crippen LogP contribution in [0.5, 0.6) is 5.75 Å². The van der Waals surface area contributed by atoms with Crippen molar-refractivity contribution in [3.8, 4) is 5.75 Å². The van der Waals surface area contributed by atoms with Crippen molar-refractivity contribution in [2.75, 3.05) is 6.61 Å². The second-order valence-electron chi connectivity index (χ2n) is 9.39. The highest BCUT2D eigenvalue weighted by atomic mass is 19.2. The average molecular weight is 425 g/mol. The monoisotopic (exact) mass is 424 g/mol. The van der Waals surface area contributed by atoms with Crippen molar-refractivity contribution in [3.05, 3.63) is 66.3 Å². The van der Waals surface area contributed by atoms with Crippen molar-refractivity contribution in [1.82, 2.24) is 0 Å². The van der Waals surface area contributed by atoms with Crippen LogP contribution in [0.15, 0.2) is 49.1 Å². The second kappa shape index (κ2) is 9.97. The van der Waals surface area contributed by atoms with Gasteiger partial charge >= 0.3 is 0 Å². The van der Waals surface area contributed by atoms with Gasteiger partial charge in [0.25, 0.3) is 0 Å². The largest absolute Gasteiger partial charge is 0.486 e. The molecule has 1 nitrogen and oxygen atoms in total. The third kappa shape index (κ3) is 4.86. The van der Waals surface area contributed by atoms with E-state index in [2.05, 4.69) is 18.7 Å². The number of halogens is 2. The maximum atomic E-state index is 14.8. The standard InChI is InChI=1S/C28H34F2O/c1-3-5-16-31-26-18-24-15-14-23(17-25(24)27(29)28(26)30)22-12-10-21(11-13-22)20-8-6-19(4-2)7-9-20/h3-5,14-15,17-22H,2,6-13,16H2,1H3. The number of allylic oxidation sites excluding steroid dienone is 2. The fourth-order valence-electron chi connectivity index (χ4n) is 5.69. The molecule has 0 aliphatic heterocycles. The molecule has 0 saturated heterocycles. The van der Waals surface area contributed by atoms with Gasteiger partial charge in [0.15, 0.2) is 11.6 Å². The molecular weight excluding hydrogens is 390 g/mol. The van der Waals surface area contributed by atoms with E-state index in [-0.39, 0.29) is 12.4 Å². The van der Waals surface area contributed by atoms with E-state index < -0.39 is 11.6 Å². The van der Waals surface area contributed by atoms with Gasteiger partial charge in [0.2, 0.25) is 5.82 Å². The van der Waals surface area contributed by atoms with Crippen molar-refractivity contribution in [2.45, 2.75) is 64.2 Å². The normalized spacial score (nSPS) is 26.9. The molecule has 0 amide bonds. The minimum Gasteiger partial charge on any atom is -0.486 e. The van der Waals surface area contributed by atoms with E-state index in [0.29, 0.717) is 16.7 Å². The zero-order valence-corrected chi connectivity index (χ0v) is 18.6. The molecule has 2 aliphatic carbocycles. The van der Waals surface area contributed by atoms with E-state index in [0.717, 1.165) is 36.2 Å². The summed E-state index contributed by atoms with van der Waals surface area (Å²) in [6.07, 6.45) is 15.8. The predicted molar refractivity (Wildman–Crippen MR) is 125 cm³/mol. The topological polar surface area (TPSA) is 9.23 Å². The summed E-state index contributed by atoms with van der Waals surface area (Å²) in [4.78, 5) is 0. The highest BCUT2D eigenvalue weighted by Gasteiger charge is 2.31. The van der Waals surface area contributed by atoms with Crippen LogP contribution < -0.4 is 4.74 Å². The fourth-order valence-corrected chi connectivity index (χ4v) is 5.69. The SMILES string of the molecule is C=CC1CCC(C2CCC(c3ccc4cc(OCC=CC)c(F)c(F)c4c3)CC2)CC1. The molecule has 0 atom stereocenters. The third-order valence-corrected chi connectivity index (χ3v) is 7.64. The van der Waals surface area contributed by atoms with Gasteiger partial charge in [-0.2, -0.15) is 4.39 Å². The van der Waals surface area contributed by atoms with Crippen LogP contribution in [-0.4, -0.2) is 6.61 Å². The molecule has 2 aromatic rings. The summed E-state index contributed by atoms with van der Waals surface area (Å²) in [6, 6.07) is 7.48. The quantitative estimate of drug-likeness (QED) is 0.423. The zero-order chi connectivity index (χ0) is 21.8. The molecule has 2 saturated carbocycles. The van der Waals surface area contributed by atoms with Gasteiger partial charge in [-0.25, -0.2) is 4.39 Å². The Morgan fingerprint density at radius 3 is 2.26 bits per heavy atom. The van der Waals surface area contributed by atoms with E-state index in [9.17, 15) is 8.78 Å². The fraction of sp³-hybridized carbons (Fsp3) is 0.500. The Kier molecular flexibility index (Phi) is 7.09. The van der Waals surface area contributed by atoms with Crippen LogP contribution in [-0.2, 0) is 0 Å². The predicted octanol–water partition coefficient (Wildman–Crippen LogP) is 8.34. The molecule has 0 heterocycles. The van der Waals surface area contributed by atoms with Crippen molar-refractivity contribution in [2.24, 2.45) is 17.8 Å². The summed E-state index contributed by atoms with van der Waals surface area (Å²) < 4.78 is 34.7. The van der Waals surface area contributed by atoms with E-state index in [4.69, 9.17) is 4.74 Å². The summed E-state index contributed by atoms with van der Waals surface area (Å²) in [5.74, 6) is 1.13.